The van der Waals surface area contributed by atoms with Crippen molar-refractivity contribution in [2.45, 2.75) is 32.2 Å². The van der Waals surface area contributed by atoms with Gasteiger partial charge in [0.25, 0.3) is 0 Å². The highest BCUT2D eigenvalue weighted by Crippen LogP contribution is 2.51. The molecule has 0 radical (unpaired) electrons. The number of ether oxygens (including phenoxy) is 2. The Morgan fingerprint density at radius 1 is 1.19 bits per heavy atom. The molecule has 2 atom stereocenters. The number of epoxide rings is 2. The van der Waals surface area contributed by atoms with Crippen molar-refractivity contribution in [1.29, 1.82) is 0 Å². The van der Waals surface area contributed by atoms with E-state index in [0.717, 1.165) is 0 Å². The maximum atomic E-state index is 12.1. The van der Waals surface area contributed by atoms with E-state index in [9.17, 15) is 4.57 Å². The zero-order valence-corrected chi connectivity index (χ0v) is 10.4. The zero-order chi connectivity index (χ0) is 11.6. The summed E-state index contributed by atoms with van der Waals surface area (Å²) in [6.45, 7) is 5.34. The molecular weight excluding hydrogens is 235 g/mol. The van der Waals surface area contributed by atoms with E-state index in [4.69, 9.17) is 23.0 Å². The molecule has 0 aromatic carbocycles. The minimum absolute atomic E-state index is 0.0323. The second kappa shape index (κ2) is 5.12. The first-order valence-corrected chi connectivity index (χ1v) is 6.84. The van der Waals surface area contributed by atoms with E-state index in [1.54, 1.807) is 13.8 Å². The Kier molecular flexibility index (Phi) is 4.00. The monoisotopic (exact) mass is 252 g/mol. The summed E-state index contributed by atoms with van der Waals surface area (Å²) < 4.78 is 37.6. The maximum absolute atomic E-state index is 12.1. The Balaban J connectivity index is 1.78. The maximum Gasteiger partial charge on any atom is 0.475 e. The summed E-state index contributed by atoms with van der Waals surface area (Å²) in [5.74, 6) is 0. The van der Waals surface area contributed by atoms with E-state index < -0.39 is 7.82 Å². The van der Waals surface area contributed by atoms with Crippen molar-refractivity contribution in [3.63, 3.8) is 0 Å². The van der Waals surface area contributed by atoms with Crippen molar-refractivity contribution in [3.05, 3.63) is 0 Å². The van der Waals surface area contributed by atoms with Crippen molar-refractivity contribution in [2.24, 2.45) is 0 Å². The average Bonchev–Trinajstić information content (AvgIpc) is 3.04. The summed E-state index contributed by atoms with van der Waals surface area (Å²) in [7, 11) is -3.46. The number of phosphoric acid groups is 1. The summed E-state index contributed by atoms with van der Waals surface area (Å²) >= 11 is 0. The van der Waals surface area contributed by atoms with E-state index in [-0.39, 0.29) is 31.5 Å². The summed E-state index contributed by atoms with van der Waals surface area (Å²) in [5.41, 5.74) is 0. The van der Waals surface area contributed by atoms with E-state index in [0.29, 0.717) is 13.2 Å². The topological polar surface area (TPSA) is 69.8 Å². The molecule has 2 unspecified atom stereocenters. The van der Waals surface area contributed by atoms with Gasteiger partial charge in [0, 0.05) is 0 Å². The molecule has 0 spiro atoms. The number of phosphoric ester groups is 1. The van der Waals surface area contributed by atoms with Gasteiger partial charge in [-0.05, 0) is 13.8 Å². The highest BCUT2D eigenvalue weighted by molar-refractivity contribution is 7.48. The quantitative estimate of drug-likeness (QED) is 0.479. The third kappa shape index (κ3) is 4.49. The lowest BCUT2D eigenvalue weighted by atomic mass is 10.5. The predicted octanol–water partition coefficient (Wildman–Crippen LogP) is 1.35. The SMILES string of the molecule is CC(C)OP(=O)(OCC1CO1)OCC1CO1. The van der Waals surface area contributed by atoms with Crippen LogP contribution < -0.4 is 0 Å². The van der Waals surface area contributed by atoms with Crippen LogP contribution in [0, 0.1) is 0 Å². The van der Waals surface area contributed by atoms with Gasteiger partial charge >= 0.3 is 7.82 Å². The van der Waals surface area contributed by atoms with Crippen LogP contribution >= 0.6 is 7.82 Å². The third-order valence-electron chi connectivity index (χ3n) is 1.98. The smallest absolute Gasteiger partial charge is 0.371 e. The second-order valence-corrected chi connectivity index (χ2v) is 5.73. The Labute approximate surface area is 94.8 Å². The van der Waals surface area contributed by atoms with Gasteiger partial charge in [0.05, 0.1) is 32.5 Å². The molecular formula is C9H17O6P. The molecule has 2 fully saturated rings. The lowest BCUT2D eigenvalue weighted by Gasteiger charge is -2.19. The van der Waals surface area contributed by atoms with E-state index in [1.165, 1.54) is 0 Å². The van der Waals surface area contributed by atoms with Crippen molar-refractivity contribution < 1.29 is 27.6 Å². The Hall–Kier alpha value is 0.0300. The van der Waals surface area contributed by atoms with Crippen molar-refractivity contribution in [3.8, 4) is 0 Å². The van der Waals surface area contributed by atoms with Gasteiger partial charge in [-0.15, -0.1) is 0 Å². The molecule has 0 aromatic heterocycles. The van der Waals surface area contributed by atoms with Crippen molar-refractivity contribution in [2.75, 3.05) is 26.4 Å². The third-order valence-corrected chi connectivity index (χ3v) is 3.59. The number of hydrogen-bond donors (Lipinski definition) is 0. The highest BCUT2D eigenvalue weighted by atomic mass is 31.2. The van der Waals surface area contributed by atoms with Crippen LogP contribution in [0.15, 0.2) is 0 Å². The van der Waals surface area contributed by atoms with Crippen molar-refractivity contribution in [1.82, 2.24) is 0 Å². The zero-order valence-electron chi connectivity index (χ0n) is 9.46. The molecule has 2 aliphatic rings. The Morgan fingerprint density at radius 3 is 1.94 bits per heavy atom. The van der Waals surface area contributed by atoms with E-state index >= 15 is 0 Å². The molecule has 0 aliphatic carbocycles. The van der Waals surface area contributed by atoms with Crippen LogP contribution in [0.4, 0.5) is 0 Å². The molecule has 0 amide bonds. The van der Waals surface area contributed by atoms with Crippen LogP contribution in [0.2, 0.25) is 0 Å². The molecule has 0 aromatic rings. The first-order chi connectivity index (χ1) is 7.57. The van der Waals surface area contributed by atoms with Crippen LogP contribution in [0.3, 0.4) is 0 Å². The van der Waals surface area contributed by atoms with Gasteiger partial charge in [0.15, 0.2) is 0 Å². The van der Waals surface area contributed by atoms with Crippen LogP contribution in [-0.4, -0.2) is 44.7 Å². The summed E-state index contributed by atoms with van der Waals surface area (Å²) in [4.78, 5) is 0. The molecule has 0 saturated carbocycles. The molecule has 2 saturated heterocycles. The first-order valence-electron chi connectivity index (χ1n) is 5.38. The minimum atomic E-state index is -3.46. The molecule has 6 nitrogen and oxygen atoms in total. The van der Waals surface area contributed by atoms with Gasteiger partial charge in [0.2, 0.25) is 0 Å². The highest BCUT2D eigenvalue weighted by Gasteiger charge is 2.35. The molecule has 7 heteroatoms. The van der Waals surface area contributed by atoms with Crippen LogP contribution in [-0.2, 0) is 27.6 Å². The summed E-state index contributed by atoms with van der Waals surface area (Å²) in [5, 5.41) is 0. The fourth-order valence-electron chi connectivity index (χ4n) is 1.03. The average molecular weight is 252 g/mol. The van der Waals surface area contributed by atoms with Crippen LogP contribution in [0.25, 0.3) is 0 Å². The number of hydrogen-bond acceptors (Lipinski definition) is 6. The first kappa shape index (κ1) is 12.5. The largest absolute Gasteiger partial charge is 0.475 e. The van der Waals surface area contributed by atoms with Gasteiger partial charge in [-0.1, -0.05) is 0 Å². The van der Waals surface area contributed by atoms with Crippen molar-refractivity contribution >= 4 is 7.82 Å². The fourth-order valence-corrected chi connectivity index (χ4v) is 2.44. The van der Waals surface area contributed by atoms with Gasteiger partial charge in [-0.25, -0.2) is 4.57 Å². The predicted molar refractivity (Wildman–Crippen MR) is 55.2 cm³/mol. The van der Waals surface area contributed by atoms with Crippen LogP contribution in [0.1, 0.15) is 13.8 Å². The molecule has 0 bridgehead atoms. The lowest BCUT2D eigenvalue weighted by molar-refractivity contribution is 0.0813. The Bertz CT molecular complexity index is 253. The summed E-state index contributed by atoms with van der Waals surface area (Å²) in [6.07, 6.45) is -0.152. The Morgan fingerprint density at radius 2 is 1.62 bits per heavy atom. The molecule has 0 N–H and O–H groups in total. The number of rotatable bonds is 8. The molecule has 2 rings (SSSR count). The van der Waals surface area contributed by atoms with Gasteiger partial charge < -0.3 is 9.47 Å². The van der Waals surface area contributed by atoms with E-state index in [1.807, 2.05) is 0 Å². The summed E-state index contributed by atoms with van der Waals surface area (Å²) in [6, 6.07) is 0. The van der Waals surface area contributed by atoms with Crippen LogP contribution in [0.5, 0.6) is 0 Å². The molecule has 2 aliphatic heterocycles. The van der Waals surface area contributed by atoms with E-state index in [2.05, 4.69) is 0 Å². The second-order valence-electron chi connectivity index (χ2n) is 4.10. The normalized spacial score (nSPS) is 31.4. The lowest BCUT2D eigenvalue weighted by Crippen LogP contribution is -2.11. The van der Waals surface area contributed by atoms with Gasteiger partial charge in [-0.2, -0.15) is 0 Å². The fraction of sp³-hybridized carbons (Fsp3) is 1.00. The van der Waals surface area contributed by atoms with Gasteiger partial charge in [-0.3, -0.25) is 13.6 Å². The minimum Gasteiger partial charge on any atom is -0.371 e. The molecule has 94 valence electrons. The molecule has 2 heterocycles. The van der Waals surface area contributed by atoms with Gasteiger partial charge in [0.1, 0.15) is 12.2 Å². The standard InChI is InChI=1S/C9H17O6P/c1-7(2)15-16(10,13-5-8-3-11-8)14-6-9-4-12-9/h7-9H,3-6H2,1-2H3. The molecule has 16 heavy (non-hydrogen) atoms.